The number of nitrogens with zero attached hydrogens (tertiary/aromatic N) is 2. The number of hydrogen-bond acceptors (Lipinski definition) is 4. The molecule has 0 aliphatic carbocycles. The first-order valence-corrected chi connectivity index (χ1v) is 13.6. The van der Waals surface area contributed by atoms with E-state index in [2.05, 4.69) is 5.32 Å². The highest BCUT2D eigenvalue weighted by atomic mass is 35.5. The van der Waals surface area contributed by atoms with Crippen LogP contribution in [0.15, 0.2) is 48.5 Å². The number of carbonyl (C=O) groups excluding carboxylic acids is 2. The van der Waals surface area contributed by atoms with Crippen molar-refractivity contribution in [1.82, 2.24) is 10.2 Å². The first-order chi connectivity index (χ1) is 15.9. The molecule has 0 aliphatic rings. The average molecular weight is 529 g/mol. The Morgan fingerprint density at radius 1 is 1.03 bits per heavy atom. The summed E-state index contributed by atoms with van der Waals surface area (Å²) in [5.41, 5.74) is 1.22. The summed E-state index contributed by atoms with van der Waals surface area (Å²) < 4.78 is 26.1. The number of amides is 2. The van der Waals surface area contributed by atoms with Crippen molar-refractivity contribution in [2.45, 2.75) is 45.7 Å². The van der Waals surface area contributed by atoms with E-state index in [1.54, 1.807) is 0 Å². The lowest BCUT2D eigenvalue weighted by Crippen LogP contribution is -2.54. The van der Waals surface area contributed by atoms with E-state index in [9.17, 15) is 18.0 Å². The van der Waals surface area contributed by atoms with Crippen LogP contribution in [0.4, 0.5) is 5.69 Å². The smallest absolute Gasteiger partial charge is 0.244 e. The first-order valence-electron chi connectivity index (χ1n) is 11.0. The van der Waals surface area contributed by atoms with Gasteiger partial charge in [0.25, 0.3) is 0 Å². The molecule has 0 spiro atoms. The van der Waals surface area contributed by atoms with E-state index in [-0.39, 0.29) is 34.2 Å². The summed E-state index contributed by atoms with van der Waals surface area (Å²) in [5, 5.41) is 3.30. The third-order valence-electron chi connectivity index (χ3n) is 5.17. The molecule has 1 N–H and O–H groups in total. The topological polar surface area (TPSA) is 86.8 Å². The van der Waals surface area contributed by atoms with Crippen LogP contribution in [0.25, 0.3) is 0 Å². The number of carbonyl (C=O) groups is 2. The quantitative estimate of drug-likeness (QED) is 0.475. The summed E-state index contributed by atoms with van der Waals surface area (Å²) in [4.78, 5) is 27.9. The molecule has 0 heterocycles. The van der Waals surface area contributed by atoms with Crippen LogP contribution in [0.5, 0.6) is 0 Å². The van der Waals surface area contributed by atoms with Gasteiger partial charge in [0.15, 0.2) is 0 Å². The fourth-order valence-electron chi connectivity index (χ4n) is 3.53. The minimum absolute atomic E-state index is 0.101. The van der Waals surface area contributed by atoms with Gasteiger partial charge in [0, 0.05) is 12.6 Å². The largest absolute Gasteiger partial charge is 0.352 e. The molecule has 186 valence electrons. The Labute approximate surface area is 212 Å². The Bertz CT molecular complexity index is 1090. The summed E-state index contributed by atoms with van der Waals surface area (Å²) in [6.45, 7) is 5.29. The summed E-state index contributed by atoms with van der Waals surface area (Å²) in [6, 6.07) is 13.1. The Kier molecular flexibility index (Phi) is 10.2. The summed E-state index contributed by atoms with van der Waals surface area (Å²) >= 11 is 12.1. The second-order valence-electron chi connectivity index (χ2n) is 8.28. The normalized spacial score (nSPS) is 12.3. The van der Waals surface area contributed by atoms with E-state index in [4.69, 9.17) is 23.2 Å². The number of anilines is 1. The van der Waals surface area contributed by atoms with Gasteiger partial charge in [0.2, 0.25) is 21.8 Å². The molecule has 0 saturated carbocycles. The van der Waals surface area contributed by atoms with Crippen molar-refractivity contribution in [2.75, 3.05) is 23.7 Å². The van der Waals surface area contributed by atoms with Crippen LogP contribution in [0.3, 0.4) is 0 Å². The summed E-state index contributed by atoms with van der Waals surface area (Å²) in [7, 11) is -3.83. The van der Waals surface area contributed by atoms with Crippen molar-refractivity contribution in [3.05, 3.63) is 64.1 Å². The zero-order chi connectivity index (χ0) is 25.5. The van der Waals surface area contributed by atoms with Gasteiger partial charge in [-0.2, -0.15) is 0 Å². The number of halogens is 2. The highest BCUT2D eigenvalue weighted by Crippen LogP contribution is 2.28. The predicted octanol–water partition coefficient (Wildman–Crippen LogP) is 4.13. The number of hydrogen-bond donors (Lipinski definition) is 1. The lowest BCUT2D eigenvalue weighted by molar-refractivity contribution is -0.139. The molecule has 2 rings (SSSR count). The molecule has 0 aromatic heterocycles. The molecular weight excluding hydrogens is 497 g/mol. The minimum atomic E-state index is -3.83. The van der Waals surface area contributed by atoms with Gasteiger partial charge >= 0.3 is 0 Å². The molecular formula is C24H31Cl2N3O4S. The molecule has 0 radical (unpaired) electrons. The standard InChI is InChI=1S/C24H31Cl2N3O4S/c1-5-22(24(31)27-17(2)3)28(14-13-18-9-7-6-8-10-18)23(30)16-29(34(4,32)33)19-11-12-20(25)21(26)15-19/h6-12,15,17,22H,5,13-14,16H2,1-4H3,(H,27,31)/t22-/m1/s1. The van der Waals surface area contributed by atoms with Gasteiger partial charge < -0.3 is 10.2 Å². The van der Waals surface area contributed by atoms with Crippen molar-refractivity contribution in [3.8, 4) is 0 Å². The fourth-order valence-corrected chi connectivity index (χ4v) is 4.66. The highest BCUT2D eigenvalue weighted by molar-refractivity contribution is 7.92. The second kappa shape index (κ2) is 12.4. The Morgan fingerprint density at radius 3 is 2.21 bits per heavy atom. The van der Waals surface area contributed by atoms with E-state index < -0.39 is 28.5 Å². The third-order valence-corrected chi connectivity index (χ3v) is 7.05. The molecule has 7 nitrogen and oxygen atoms in total. The van der Waals surface area contributed by atoms with Gasteiger partial charge in [-0.25, -0.2) is 8.42 Å². The number of rotatable bonds is 11. The zero-order valence-corrected chi connectivity index (χ0v) is 22.1. The van der Waals surface area contributed by atoms with E-state index in [0.717, 1.165) is 16.1 Å². The highest BCUT2D eigenvalue weighted by Gasteiger charge is 2.31. The van der Waals surface area contributed by atoms with Crippen molar-refractivity contribution in [2.24, 2.45) is 0 Å². The van der Waals surface area contributed by atoms with E-state index in [1.165, 1.54) is 23.1 Å². The van der Waals surface area contributed by atoms with Crippen LogP contribution in [0.2, 0.25) is 10.0 Å². The molecule has 34 heavy (non-hydrogen) atoms. The van der Waals surface area contributed by atoms with Gasteiger partial charge in [-0.3, -0.25) is 13.9 Å². The van der Waals surface area contributed by atoms with Crippen LogP contribution >= 0.6 is 23.2 Å². The van der Waals surface area contributed by atoms with Crippen molar-refractivity contribution >= 4 is 50.7 Å². The molecule has 0 bridgehead atoms. The summed E-state index contributed by atoms with van der Waals surface area (Å²) in [6.07, 6.45) is 1.91. The number of sulfonamides is 1. The van der Waals surface area contributed by atoms with Crippen LogP contribution in [0.1, 0.15) is 32.8 Å². The minimum Gasteiger partial charge on any atom is -0.352 e. The number of nitrogens with one attached hydrogen (secondary N) is 1. The molecule has 0 saturated heterocycles. The van der Waals surface area contributed by atoms with E-state index in [0.29, 0.717) is 12.8 Å². The van der Waals surface area contributed by atoms with Gasteiger partial charge in [-0.15, -0.1) is 0 Å². The molecule has 0 aliphatic heterocycles. The maximum Gasteiger partial charge on any atom is 0.244 e. The van der Waals surface area contributed by atoms with Crippen molar-refractivity contribution in [3.63, 3.8) is 0 Å². The number of benzene rings is 2. The zero-order valence-electron chi connectivity index (χ0n) is 19.8. The van der Waals surface area contributed by atoms with Crippen LogP contribution in [-0.4, -0.2) is 56.6 Å². The van der Waals surface area contributed by atoms with Gasteiger partial charge in [0.05, 0.1) is 22.0 Å². The van der Waals surface area contributed by atoms with Crippen molar-refractivity contribution in [1.29, 1.82) is 0 Å². The Morgan fingerprint density at radius 2 is 1.68 bits per heavy atom. The molecule has 10 heteroatoms. The third kappa shape index (κ3) is 7.89. The van der Waals surface area contributed by atoms with E-state index in [1.807, 2.05) is 51.1 Å². The summed E-state index contributed by atoms with van der Waals surface area (Å²) in [5.74, 6) is -0.766. The molecule has 2 amide bonds. The molecule has 0 unspecified atom stereocenters. The second-order valence-corrected chi connectivity index (χ2v) is 11.0. The first kappa shape index (κ1) is 28.0. The molecule has 1 atom stereocenters. The monoisotopic (exact) mass is 527 g/mol. The van der Waals surface area contributed by atoms with Crippen LogP contribution in [0, 0.1) is 0 Å². The average Bonchev–Trinajstić information content (AvgIpc) is 2.76. The maximum absolute atomic E-state index is 13.5. The lowest BCUT2D eigenvalue weighted by Gasteiger charge is -2.33. The lowest BCUT2D eigenvalue weighted by atomic mass is 10.1. The van der Waals surface area contributed by atoms with Gasteiger partial charge in [0.1, 0.15) is 12.6 Å². The maximum atomic E-state index is 13.5. The van der Waals surface area contributed by atoms with Crippen LogP contribution in [-0.2, 0) is 26.0 Å². The predicted molar refractivity (Wildman–Crippen MR) is 138 cm³/mol. The SMILES string of the molecule is CC[C@H](C(=O)NC(C)C)N(CCc1ccccc1)C(=O)CN(c1ccc(Cl)c(Cl)c1)S(C)(=O)=O. The van der Waals surface area contributed by atoms with Gasteiger partial charge in [-0.1, -0.05) is 60.5 Å². The molecule has 2 aromatic rings. The van der Waals surface area contributed by atoms with Gasteiger partial charge in [-0.05, 0) is 50.5 Å². The molecule has 0 fully saturated rings. The van der Waals surface area contributed by atoms with Crippen LogP contribution < -0.4 is 9.62 Å². The molecule has 2 aromatic carbocycles. The van der Waals surface area contributed by atoms with E-state index >= 15 is 0 Å². The Balaban J connectivity index is 2.38. The van der Waals surface area contributed by atoms with Crippen molar-refractivity contribution < 1.29 is 18.0 Å². The fraction of sp³-hybridized carbons (Fsp3) is 0.417. The Hall–Kier alpha value is -2.29.